The Hall–Kier alpha value is -1.25. The number of rotatable bonds is 4. The van der Waals surface area contributed by atoms with Gasteiger partial charge >= 0.3 is 0 Å². The Balaban J connectivity index is 2.41. The summed E-state index contributed by atoms with van der Waals surface area (Å²) in [6.07, 6.45) is 0. The molecule has 0 radical (unpaired) electrons. The van der Waals surface area contributed by atoms with Crippen molar-refractivity contribution < 1.29 is 13.2 Å². The summed E-state index contributed by atoms with van der Waals surface area (Å²) in [4.78, 5) is 0.951. The van der Waals surface area contributed by atoms with Crippen molar-refractivity contribution in [3.05, 3.63) is 32.9 Å². The number of benzene rings is 1. The Bertz CT molecular complexity index is 741. The smallest absolute Gasteiger partial charge is 0.263 e. The Morgan fingerprint density at radius 2 is 2.05 bits per heavy atom. The second-order valence-corrected chi connectivity index (χ2v) is 8.32. The Kier molecular flexibility index (Phi) is 4.26. The van der Waals surface area contributed by atoms with Crippen molar-refractivity contribution in [3.63, 3.8) is 0 Å². The van der Waals surface area contributed by atoms with Crippen molar-refractivity contribution in [2.24, 2.45) is 0 Å². The number of ether oxygens (including phenoxy) is 1. The molecule has 0 fully saturated rings. The summed E-state index contributed by atoms with van der Waals surface area (Å²) in [5.41, 5.74) is 6.49. The molecule has 0 aliphatic carbocycles. The van der Waals surface area contributed by atoms with Crippen LogP contribution >= 0.6 is 27.3 Å². The predicted molar refractivity (Wildman–Crippen MR) is 85.0 cm³/mol. The molecule has 0 saturated heterocycles. The number of methoxy groups -OCH3 is 1. The first-order valence-electron chi connectivity index (χ1n) is 5.56. The summed E-state index contributed by atoms with van der Waals surface area (Å²) in [6.45, 7) is 1.75. The highest BCUT2D eigenvalue weighted by molar-refractivity contribution is 9.11. The quantitative estimate of drug-likeness (QED) is 0.802. The van der Waals surface area contributed by atoms with Gasteiger partial charge in [-0.25, -0.2) is 8.42 Å². The van der Waals surface area contributed by atoms with E-state index in [1.807, 2.05) is 0 Å². The Morgan fingerprint density at radius 1 is 1.35 bits per heavy atom. The molecule has 0 bridgehead atoms. The van der Waals surface area contributed by atoms with Crippen LogP contribution in [0.2, 0.25) is 0 Å². The van der Waals surface area contributed by atoms with Gasteiger partial charge in [0.05, 0.1) is 16.6 Å². The van der Waals surface area contributed by atoms with Crippen LogP contribution in [0.5, 0.6) is 5.75 Å². The highest BCUT2D eigenvalue weighted by Crippen LogP contribution is 2.33. The highest BCUT2D eigenvalue weighted by atomic mass is 79.9. The maximum Gasteiger partial charge on any atom is 0.263 e. The van der Waals surface area contributed by atoms with Crippen LogP contribution in [0.15, 0.2) is 32.9 Å². The lowest BCUT2D eigenvalue weighted by Gasteiger charge is -2.12. The van der Waals surface area contributed by atoms with Gasteiger partial charge in [-0.1, -0.05) is 0 Å². The fourth-order valence-corrected chi connectivity index (χ4v) is 5.18. The van der Waals surface area contributed by atoms with Crippen LogP contribution in [-0.4, -0.2) is 15.5 Å². The van der Waals surface area contributed by atoms with E-state index in [0.29, 0.717) is 22.0 Å². The number of hydrogen-bond donors (Lipinski definition) is 2. The first kappa shape index (κ1) is 15.1. The monoisotopic (exact) mass is 376 g/mol. The molecule has 0 atom stereocenters. The van der Waals surface area contributed by atoms with Crippen LogP contribution < -0.4 is 15.2 Å². The first-order valence-corrected chi connectivity index (χ1v) is 8.65. The second kappa shape index (κ2) is 5.63. The van der Waals surface area contributed by atoms with E-state index in [9.17, 15) is 8.42 Å². The zero-order valence-corrected chi connectivity index (χ0v) is 14.0. The highest BCUT2D eigenvalue weighted by Gasteiger charge is 2.21. The maximum absolute atomic E-state index is 12.4. The fourth-order valence-electron chi connectivity index (χ4n) is 1.69. The zero-order valence-electron chi connectivity index (χ0n) is 10.8. The van der Waals surface area contributed by atoms with Crippen LogP contribution in [0.3, 0.4) is 0 Å². The number of nitrogens with two attached hydrogens (primary N) is 1. The Labute approximate surface area is 129 Å². The molecule has 8 heteroatoms. The molecule has 3 N–H and O–H groups in total. The third-order valence-corrected chi connectivity index (χ3v) is 5.78. The lowest BCUT2D eigenvalue weighted by Crippen LogP contribution is -2.13. The van der Waals surface area contributed by atoms with Gasteiger partial charge in [-0.3, -0.25) is 4.72 Å². The Morgan fingerprint density at radius 3 is 2.60 bits per heavy atom. The summed E-state index contributed by atoms with van der Waals surface area (Å²) in [5.74, 6) is 0.375. The molecule has 20 heavy (non-hydrogen) atoms. The standard InChI is InChI=1S/C12H13BrN2O3S2/c1-7-11(6-12(13)19-7)20(16,17)15-9-4-3-8(14)5-10(9)18-2/h3-6,15H,14H2,1-2H3. The van der Waals surface area contributed by atoms with E-state index >= 15 is 0 Å². The van der Waals surface area contributed by atoms with Crippen molar-refractivity contribution in [3.8, 4) is 5.75 Å². The number of aryl methyl sites for hydroxylation is 1. The van der Waals surface area contributed by atoms with Crippen molar-refractivity contribution in [2.45, 2.75) is 11.8 Å². The summed E-state index contributed by atoms with van der Waals surface area (Å²) in [5, 5.41) is 0. The molecule has 1 aromatic heterocycles. The number of nitrogens with one attached hydrogen (secondary N) is 1. The average molecular weight is 377 g/mol. The molecule has 0 aliphatic heterocycles. The van der Waals surface area contributed by atoms with Crippen molar-refractivity contribution in [2.75, 3.05) is 17.6 Å². The normalized spacial score (nSPS) is 11.3. The van der Waals surface area contributed by atoms with Gasteiger partial charge in [0.25, 0.3) is 10.0 Å². The van der Waals surface area contributed by atoms with E-state index in [4.69, 9.17) is 10.5 Å². The summed E-state index contributed by atoms with van der Waals surface area (Å²) < 4.78 is 33.2. The van der Waals surface area contributed by atoms with E-state index < -0.39 is 10.0 Å². The molecular weight excluding hydrogens is 364 g/mol. The number of thiophene rings is 1. The average Bonchev–Trinajstić information content (AvgIpc) is 2.71. The minimum Gasteiger partial charge on any atom is -0.494 e. The zero-order chi connectivity index (χ0) is 14.9. The van der Waals surface area contributed by atoms with Gasteiger partial charge in [0.15, 0.2) is 0 Å². The van der Waals surface area contributed by atoms with Crippen LogP contribution in [0, 0.1) is 6.92 Å². The van der Waals surface area contributed by atoms with E-state index in [1.165, 1.54) is 18.4 Å². The van der Waals surface area contributed by atoms with Crippen molar-refractivity contribution in [1.29, 1.82) is 0 Å². The van der Waals surface area contributed by atoms with Gasteiger partial charge in [-0.15, -0.1) is 11.3 Å². The SMILES string of the molecule is COc1cc(N)ccc1NS(=O)(=O)c1cc(Br)sc1C. The van der Waals surface area contributed by atoms with Crippen LogP contribution in [-0.2, 0) is 10.0 Å². The lowest BCUT2D eigenvalue weighted by atomic mass is 10.2. The maximum atomic E-state index is 12.4. The molecule has 1 aromatic carbocycles. The molecule has 2 aromatic rings. The molecular formula is C12H13BrN2O3S2. The minimum absolute atomic E-state index is 0.244. The molecule has 0 unspecified atom stereocenters. The van der Waals surface area contributed by atoms with E-state index in [2.05, 4.69) is 20.7 Å². The molecule has 0 spiro atoms. The summed E-state index contributed by atoms with van der Waals surface area (Å²) in [7, 11) is -2.20. The van der Waals surface area contributed by atoms with E-state index in [1.54, 1.807) is 31.2 Å². The minimum atomic E-state index is -3.66. The number of halogens is 1. The number of anilines is 2. The number of nitrogen functional groups attached to an aromatic ring is 1. The third kappa shape index (κ3) is 3.08. The molecule has 108 valence electrons. The second-order valence-electron chi connectivity index (χ2n) is 4.04. The molecule has 0 amide bonds. The van der Waals surface area contributed by atoms with Gasteiger partial charge in [0.2, 0.25) is 0 Å². The first-order chi connectivity index (χ1) is 9.33. The van der Waals surface area contributed by atoms with E-state index in [-0.39, 0.29) is 4.90 Å². The van der Waals surface area contributed by atoms with E-state index in [0.717, 1.165) is 3.79 Å². The summed E-state index contributed by atoms with van der Waals surface area (Å²) in [6, 6.07) is 6.32. The largest absolute Gasteiger partial charge is 0.494 e. The third-order valence-electron chi connectivity index (χ3n) is 2.60. The van der Waals surface area contributed by atoms with Crippen LogP contribution in [0.4, 0.5) is 11.4 Å². The molecule has 0 aliphatic rings. The van der Waals surface area contributed by atoms with Crippen molar-refractivity contribution in [1.82, 2.24) is 0 Å². The van der Waals surface area contributed by atoms with Gasteiger partial charge < -0.3 is 10.5 Å². The fraction of sp³-hybridized carbons (Fsp3) is 0.167. The molecule has 0 saturated carbocycles. The number of hydrogen-bond acceptors (Lipinski definition) is 5. The van der Waals surface area contributed by atoms with Crippen molar-refractivity contribution >= 4 is 48.7 Å². The topological polar surface area (TPSA) is 81.4 Å². The van der Waals surface area contributed by atoms with Gasteiger partial charge in [0.1, 0.15) is 10.6 Å². The van der Waals surface area contributed by atoms with Crippen LogP contribution in [0.1, 0.15) is 4.88 Å². The lowest BCUT2D eigenvalue weighted by molar-refractivity contribution is 0.417. The predicted octanol–water partition coefficient (Wildman–Crippen LogP) is 3.21. The molecule has 1 heterocycles. The molecule has 5 nitrogen and oxygen atoms in total. The molecule has 2 rings (SSSR count). The van der Waals surface area contributed by atoms with Crippen LogP contribution in [0.25, 0.3) is 0 Å². The summed E-state index contributed by atoms with van der Waals surface area (Å²) >= 11 is 4.65. The number of sulfonamides is 1. The van der Waals surface area contributed by atoms with Gasteiger partial charge in [-0.05, 0) is 41.1 Å². The van der Waals surface area contributed by atoms with Gasteiger partial charge in [0, 0.05) is 16.6 Å². The van der Waals surface area contributed by atoms with Gasteiger partial charge in [-0.2, -0.15) is 0 Å².